The first-order valence-corrected chi connectivity index (χ1v) is 9.88. The Morgan fingerprint density at radius 3 is 2.67 bits per heavy atom. The van der Waals surface area contributed by atoms with Crippen LogP contribution >= 0.6 is 0 Å². The number of aryl methyl sites for hydroxylation is 1. The molecule has 0 radical (unpaired) electrons. The van der Waals surface area contributed by atoms with E-state index in [0.717, 1.165) is 25.8 Å². The molecule has 0 saturated carbocycles. The summed E-state index contributed by atoms with van der Waals surface area (Å²) in [5.74, 6) is 0.265. The molecule has 0 bridgehead atoms. The van der Waals surface area contributed by atoms with Crippen LogP contribution in [0.3, 0.4) is 0 Å². The molecule has 0 aromatic heterocycles. The predicted octanol–water partition coefficient (Wildman–Crippen LogP) is 2.69. The maximum Gasteiger partial charge on any atom is 0.147 e. The Labute approximate surface area is 129 Å². The van der Waals surface area contributed by atoms with Gasteiger partial charge in [-0.05, 0) is 36.8 Å². The summed E-state index contributed by atoms with van der Waals surface area (Å²) in [5.41, 5.74) is 2.71. The largest absolute Gasteiger partial charge is 0.314 e. The quantitative estimate of drug-likeness (QED) is 0.879. The molecule has 1 aromatic rings. The van der Waals surface area contributed by atoms with E-state index in [-0.39, 0.29) is 11.2 Å². The fourth-order valence-corrected chi connectivity index (χ4v) is 4.08. The minimum Gasteiger partial charge on any atom is -0.314 e. The molecule has 4 heteroatoms. The molecule has 0 saturated heterocycles. The molecule has 21 heavy (non-hydrogen) atoms. The average molecular weight is 309 g/mol. The summed E-state index contributed by atoms with van der Waals surface area (Å²) >= 11 is 0. The lowest BCUT2D eigenvalue weighted by molar-refractivity contribution is 0.318. The van der Waals surface area contributed by atoms with Gasteiger partial charge in [-0.3, -0.25) is 0 Å². The van der Waals surface area contributed by atoms with Crippen molar-refractivity contribution in [1.82, 2.24) is 5.32 Å². The smallest absolute Gasteiger partial charge is 0.147 e. The number of nitrogens with one attached hydrogen (secondary N) is 1. The molecule has 3 nitrogen and oxygen atoms in total. The zero-order valence-corrected chi connectivity index (χ0v) is 14.2. The average Bonchev–Trinajstić information content (AvgIpc) is 2.42. The van der Waals surface area contributed by atoms with Gasteiger partial charge in [0.15, 0.2) is 0 Å². The van der Waals surface area contributed by atoms with Crippen LogP contribution in [0.4, 0.5) is 0 Å². The molecule has 1 N–H and O–H groups in total. The van der Waals surface area contributed by atoms with E-state index < -0.39 is 9.84 Å². The molecule has 1 aliphatic rings. The van der Waals surface area contributed by atoms with E-state index in [9.17, 15) is 8.42 Å². The minimum atomic E-state index is -2.93. The van der Waals surface area contributed by atoms with Crippen molar-refractivity contribution in [2.24, 2.45) is 0 Å². The van der Waals surface area contributed by atoms with Gasteiger partial charge in [0.25, 0.3) is 0 Å². The summed E-state index contributed by atoms with van der Waals surface area (Å²) in [6.45, 7) is 5.13. The number of hydrogen-bond acceptors (Lipinski definition) is 3. The van der Waals surface area contributed by atoms with Gasteiger partial charge in [0.05, 0.1) is 5.75 Å². The van der Waals surface area contributed by atoms with Crippen molar-refractivity contribution in [3.05, 3.63) is 35.4 Å². The summed E-state index contributed by atoms with van der Waals surface area (Å²) in [6.07, 6.45) is 5.37. The van der Waals surface area contributed by atoms with Crippen molar-refractivity contribution in [2.75, 3.05) is 18.6 Å². The summed E-state index contributed by atoms with van der Waals surface area (Å²) < 4.78 is 23.3. The molecule has 0 aliphatic heterocycles. The predicted molar refractivity (Wildman–Crippen MR) is 88.5 cm³/mol. The Kier molecular flexibility index (Phi) is 5.10. The molecular weight excluding hydrogens is 282 g/mol. The van der Waals surface area contributed by atoms with Crippen LogP contribution in [-0.2, 0) is 21.7 Å². The number of rotatable bonds is 6. The molecule has 118 valence electrons. The molecule has 0 fully saturated rings. The van der Waals surface area contributed by atoms with E-state index in [4.69, 9.17) is 0 Å². The second kappa shape index (κ2) is 6.49. The SMILES string of the molecule is CC(C)NCC1(CCS(C)(=O)=O)CCCc2ccccc21. The first kappa shape index (κ1) is 16.5. The normalized spacial score (nSPS) is 22.3. The summed E-state index contributed by atoms with van der Waals surface area (Å²) in [6, 6.07) is 8.96. The van der Waals surface area contributed by atoms with Crippen molar-refractivity contribution >= 4 is 9.84 Å². The van der Waals surface area contributed by atoms with Gasteiger partial charge in [-0.25, -0.2) is 8.42 Å². The topological polar surface area (TPSA) is 46.2 Å². The highest BCUT2D eigenvalue weighted by atomic mass is 32.2. The zero-order chi connectivity index (χ0) is 15.5. The van der Waals surface area contributed by atoms with Gasteiger partial charge < -0.3 is 5.32 Å². The summed E-state index contributed by atoms with van der Waals surface area (Å²) in [5, 5.41) is 3.54. The van der Waals surface area contributed by atoms with Crippen LogP contribution < -0.4 is 5.32 Å². The molecule has 1 unspecified atom stereocenters. The van der Waals surface area contributed by atoms with Crippen LogP contribution in [0, 0.1) is 0 Å². The van der Waals surface area contributed by atoms with Gasteiger partial charge >= 0.3 is 0 Å². The van der Waals surface area contributed by atoms with Gasteiger partial charge in [-0.15, -0.1) is 0 Å². The minimum absolute atomic E-state index is 0.0395. The number of sulfone groups is 1. The molecule has 2 rings (SSSR count). The van der Waals surface area contributed by atoms with E-state index in [1.165, 1.54) is 17.4 Å². The molecule has 1 aromatic carbocycles. The maximum absolute atomic E-state index is 11.6. The molecule has 1 atom stereocenters. The second-order valence-electron chi connectivity index (χ2n) is 6.71. The molecule has 0 spiro atoms. The number of benzene rings is 1. The van der Waals surface area contributed by atoms with E-state index in [2.05, 4.69) is 43.4 Å². The highest BCUT2D eigenvalue weighted by molar-refractivity contribution is 7.90. The Hall–Kier alpha value is -0.870. The number of hydrogen-bond donors (Lipinski definition) is 1. The van der Waals surface area contributed by atoms with Gasteiger partial charge in [0.2, 0.25) is 0 Å². The van der Waals surface area contributed by atoms with Gasteiger partial charge in [0.1, 0.15) is 9.84 Å². The van der Waals surface area contributed by atoms with Crippen molar-refractivity contribution < 1.29 is 8.42 Å². The molecule has 0 heterocycles. The van der Waals surface area contributed by atoms with Gasteiger partial charge in [-0.2, -0.15) is 0 Å². The third-order valence-corrected chi connectivity index (χ3v) is 5.44. The second-order valence-corrected chi connectivity index (χ2v) is 8.97. The zero-order valence-electron chi connectivity index (χ0n) is 13.4. The molecule has 1 aliphatic carbocycles. The lowest BCUT2D eigenvalue weighted by atomic mass is 9.68. The van der Waals surface area contributed by atoms with Crippen LogP contribution in [-0.4, -0.2) is 33.0 Å². The Balaban J connectivity index is 2.32. The van der Waals surface area contributed by atoms with Crippen LogP contribution in [0.5, 0.6) is 0 Å². The van der Waals surface area contributed by atoms with Crippen molar-refractivity contribution in [2.45, 2.75) is 51.0 Å². The molecule has 0 amide bonds. The van der Waals surface area contributed by atoms with Crippen molar-refractivity contribution in [3.8, 4) is 0 Å². The van der Waals surface area contributed by atoms with Gasteiger partial charge in [-0.1, -0.05) is 38.1 Å². The summed E-state index contributed by atoms with van der Waals surface area (Å²) in [7, 11) is -2.93. The Morgan fingerprint density at radius 1 is 1.29 bits per heavy atom. The fraction of sp³-hybridized carbons (Fsp3) is 0.647. The number of fused-ring (bicyclic) bond motifs is 1. The maximum atomic E-state index is 11.6. The first-order chi connectivity index (χ1) is 9.82. The summed E-state index contributed by atoms with van der Waals surface area (Å²) in [4.78, 5) is 0. The van der Waals surface area contributed by atoms with Crippen molar-refractivity contribution in [3.63, 3.8) is 0 Å². The highest BCUT2D eigenvalue weighted by Gasteiger charge is 2.36. The standard InChI is InChI=1S/C17H27NO2S/c1-14(2)18-13-17(11-12-21(3,19)20)10-6-8-15-7-4-5-9-16(15)17/h4-5,7,9,14,18H,6,8,10-13H2,1-3H3. The Morgan fingerprint density at radius 2 is 2.00 bits per heavy atom. The van der Waals surface area contributed by atoms with E-state index in [1.54, 1.807) is 0 Å². The van der Waals surface area contributed by atoms with Gasteiger partial charge in [0, 0.05) is 24.3 Å². The van der Waals surface area contributed by atoms with Crippen LogP contribution in [0.25, 0.3) is 0 Å². The van der Waals surface area contributed by atoms with Crippen molar-refractivity contribution in [1.29, 1.82) is 0 Å². The first-order valence-electron chi connectivity index (χ1n) is 7.82. The molecular formula is C17H27NO2S. The van der Waals surface area contributed by atoms with Crippen LogP contribution in [0.2, 0.25) is 0 Å². The van der Waals surface area contributed by atoms with E-state index in [0.29, 0.717) is 12.5 Å². The van der Waals surface area contributed by atoms with Crippen LogP contribution in [0.1, 0.15) is 44.2 Å². The van der Waals surface area contributed by atoms with E-state index >= 15 is 0 Å². The monoisotopic (exact) mass is 309 g/mol. The third kappa shape index (κ3) is 4.30. The highest BCUT2D eigenvalue weighted by Crippen LogP contribution is 2.40. The lowest BCUT2D eigenvalue weighted by Gasteiger charge is -2.40. The van der Waals surface area contributed by atoms with E-state index in [1.807, 2.05) is 0 Å². The lowest BCUT2D eigenvalue weighted by Crippen LogP contribution is -2.44. The fourth-order valence-electron chi connectivity index (χ4n) is 3.32. The third-order valence-electron chi connectivity index (χ3n) is 4.49. The van der Waals surface area contributed by atoms with Crippen LogP contribution in [0.15, 0.2) is 24.3 Å². The Bertz CT molecular complexity index is 580.